The fourth-order valence-electron chi connectivity index (χ4n) is 3.72. The van der Waals surface area contributed by atoms with Crippen LogP contribution in [0.2, 0.25) is 0 Å². The van der Waals surface area contributed by atoms with Crippen molar-refractivity contribution >= 4 is 29.9 Å². The molecule has 0 bridgehead atoms. The molecule has 8 heteroatoms. The van der Waals surface area contributed by atoms with Gasteiger partial charge in [0.15, 0.2) is 5.96 Å². The first-order chi connectivity index (χ1) is 15.3. The summed E-state index contributed by atoms with van der Waals surface area (Å²) < 4.78 is 5.62. The zero-order chi connectivity index (χ0) is 21.3. The average molecular weight is 546 g/mol. The topological polar surface area (TPSA) is 78.6 Å². The highest BCUT2D eigenvalue weighted by atomic mass is 127. The monoisotopic (exact) mass is 546 g/mol. The summed E-state index contributed by atoms with van der Waals surface area (Å²) in [4.78, 5) is 16.2. The standard InChI is InChI=1S/C24H30N6O.HI/c1-2-25-24(27-16-22-18-31-23(28-22)19-8-4-3-5-9-19)29-20-11-14-30(15-12-20)17-21-10-6-7-13-26-21;/h3-10,13,18,20H,2,11-12,14-17H2,1H3,(H2,25,27,29);1H. The molecule has 32 heavy (non-hydrogen) atoms. The summed E-state index contributed by atoms with van der Waals surface area (Å²) >= 11 is 0. The highest BCUT2D eigenvalue weighted by molar-refractivity contribution is 14.0. The van der Waals surface area contributed by atoms with Crippen molar-refractivity contribution in [3.05, 3.63) is 72.4 Å². The zero-order valence-corrected chi connectivity index (χ0v) is 20.7. The Morgan fingerprint density at radius 1 is 1.09 bits per heavy atom. The van der Waals surface area contributed by atoms with Crippen LogP contribution in [-0.4, -0.2) is 46.5 Å². The minimum absolute atomic E-state index is 0. The molecule has 1 aliphatic heterocycles. The molecule has 170 valence electrons. The number of pyridine rings is 1. The van der Waals surface area contributed by atoms with Gasteiger partial charge in [-0.3, -0.25) is 9.88 Å². The molecule has 1 fully saturated rings. The predicted molar refractivity (Wildman–Crippen MR) is 138 cm³/mol. The van der Waals surface area contributed by atoms with Crippen molar-refractivity contribution in [3.63, 3.8) is 0 Å². The molecule has 3 heterocycles. The quantitative estimate of drug-likeness (QED) is 0.264. The van der Waals surface area contributed by atoms with Gasteiger partial charge in [0.1, 0.15) is 12.0 Å². The molecule has 1 aromatic carbocycles. The summed E-state index contributed by atoms with van der Waals surface area (Å²) in [5.74, 6) is 1.46. The SMILES string of the molecule is CCNC(=NCc1coc(-c2ccccc2)n1)NC1CCN(Cc2ccccn2)CC1.I. The highest BCUT2D eigenvalue weighted by Gasteiger charge is 2.20. The van der Waals surface area contributed by atoms with Gasteiger partial charge in [-0.15, -0.1) is 24.0 Å². The third-order valence-electron chi connectivity index (χ3n) is 5.36. The molecule has 0 spiro atoms. The Labute approximate surface area is 206 Å². The second-order valence-corrected chi connectivity index (χ2v) is 7.72. The van der Waals surface area contributed by atoms with Crippen LogP contribution in [0.3, 0.4) is 0 Å². The van der Waals surface area contributed by atoms with Crippen molar-refractivity contribution in [1.82, 2.24) is 25.5 Å². The molecule has 4 rings (SSSR count). The van der Waals surface area contributed by atoms with E-state index in [4.69, 9.17) is 9.41 Å². The van der Waals surface area contributed by atoms with Crippen molar-refractivity contribution in [2.24, 2.45) is 4.99 Å². The van der Waals surface area contributed by atoms with Crippen molar-refractivity contribution in [2.75, 3.05) is 19.6 Å². The lowest BCUT2D eigenvalue weighted by Gasteiger charge is -2.32. The number of likely N-dealkylation sites (tertiary alicyclic amines) is 1. The molecule has 2 aromatic heterocycles. The Morgan fingerprint density at radius 3 is 2.59 bits per heavy atom. The Morgan fingerprint density at radius 2 is 1.88 bits per heavy atom. The lowest BCUT2D eigenvalue weighted by molar-refractivity contribution is 0.196. The number of piperidine rings is 1. The van der Waals surface area contributed by atoms with Crippen LogP contribution in [0.25, 0.3) is 11.5 Å². The van der Waals surface area contributed by atoms with Gasteiger partial charge in [-0.1, -0.05) is 24.3 Å². The van der Waals surface area contributed by atoms with Gasteiger partial charge in [0, 0.05) is 44.0 Å². The minimum Gasteiger partial charge on any atom is -0.444 e. The molecule has 0 unspecified atom stereocenters. The van der Waals surface area contributed by atoms with Crippen molar-refractivity contribution in [3.8, 4) is 11.5 Å². The third kappa shape index (κ3) is 7.03. The number of hydrogen-bond acceptors (Lipinski definition) is 5. The zero-order valence-electron chi connectivity index (χ0n) is 18.4. The maximum atomic E-state index is 5.62. The largest absolute Gasteiger partial charge is 0.444 e. The van der Waals surface area contributed by atoms with Crippen molar-refractivity contribution in [1.29, 1.82) is 0 Å². The molecule has 1 saturated heterocycles. The second-order valence-electron chi connectivity index (χ2n) is 7.72. The van der Waals surface area contributed by atoms with Gasteiger partial charge in [0.05, 0.1) is 12.2 Å². The van der Waals surface area contributed by atoms with Gasteiger partial charge < -0.3 is 15.1 Å². The first kappa shape index (κ1) is 24.2. The number of guanidine groups is 1. The Hall–Kier alpha value is -2.46. The van der Waals surface area contributed by atoms with Crippen LogP contribution in [-0.2, 0) is 13.1 Å². The summed E-state index contributed by atoms with van der Waals surface area (Å²) in [6.45, 7) is 6.39. The van der Waals surface area contributed by atoms with E-state index in [9.17, 15) is 0 Å². The van der Waals surface area contributed by atoms with Crippen LogP contribution in [0, 0.1) is 0 Å². The van der Waals surface area contributed by atoms with E-state index in [1.807, 2.05) is 48.7 Å². The van der Waals surface area contributed by atoms with Crippen molar-refractivity contribution < 1.29 is 4.42 Å². The van der Waals surface area contributed by atoms with E-state index in [0.717, 1.165) is 61.9 Å². The van der Waals surface area contributed by atoms with E-state index < -0.39 is 0 Å². The number of aromatic nitrogens is 2. The van der Waals surface area contributed by atoms with E-state index in [1.54, 1.807) is 6.26 Å². The van der Waals surface area contributed by atoms with E-state index >= 15 is 0 Å². The molecule has 0 saturated carbocycles. The minimum atomic E-state index is 0. The summed E-state index contributed by atoms with van der Waals surface area (Å²) in [5, 5.41) is 6.93. The normalized spacial score (nSPS) is 15.2. The maximum absolute atomic E-state index is 5.62. The van der Waals surface area contributed by atoms with Crippen LogP contribution >= 0.6 is 24.0 Å². The Kier molecular flexibility index (Phi) is 9.48. The number of nitrogens with one attached hydrogen (secondary N) is 2. The summed E-state index contributed by atoms with van der Waals surface area (Å²) in [5.41, 5.74) is 2.92. The number of nitrogens with zero attached hydrogens (tertiary/aromatic N) is 4. The van der Waals surface area contributed by atoms with Gasteiger partial charge >= 0.3 is 0 Å². The number of benzene rings is 1. The molecular weight excluding hydrogens is 515 g/mol. The van der Waals surface area contributed by atoms with Gasteiger partial charge in [-0.05, 0) is 44.0 Å². The van der Waals surface area contributed by atoms with Crippen LogP contribution < -0.4 is 10.6 Å². The number of halogens is 1. The lowest BCUT2D eigenvalue weighted by Crippen LogP contribution is -2.48. The molecule has 3 aromatic rings. The van der Waals surface area contributed by atoms with Crippen LogP contribution in [0.5, 0.6) is 0 Å². The third-order valence-corrected chi connectivity index (χ3v) is 5.36. The molecule has 0 aliphatic carbocycles. The molecule has 0 atom stereocenters. The van der Waals surface area contributed by atoms with E-state index in [1.165, 1.54) is 0 Å². The van der Waals surface area contributed by atoms with Crippen LogP contribution in [0.1, 0.15) is 31.2 Å². The van der Waals surface area contributed by atoms with Gasteiger partial charge in [0.25, 0.3) is 0 Å². The first-order valence-electron chi connectivity index (χ1n) is 11.0. The number of rotatable bonds is 7. The molecule has 2 N–H and O–H groups in total. The maximum Gasteiger partial charge on any atom is 0.226 e. The summed E-state index contributed by atoms with van der Waals surface area (Å²) in [6, 6.07) is 16.4. The fraction of sp³-hybridized carbons (Fsp3) is 0.375. The van der Waals surface area contributed by atoms with Gasteiger partial charge in [-0.2, -0.15) is 0 Å². The number of hydrogen-bond donors (Lipinski definition) is 2. The van der Waals surface area contributed by atoms with E-state index in [-0.39, 0.29) is 24.0 Å². The lowest BCUT2D eigenvalue weighted by atomic mass is 10.0. The fourth-order valence-corrected chi connectivity index (χ4v) is 3.72. The summed E-state index contributed by atoms with van der Waals surface area (Å²) in [6.07, 6.45) is 5.71. The van der Waals surface area contributed by atoms with Gasteiger partial charge in [-0.25, -0.2) is 9.98 Å². The van der Waals surface area contributed by atoms with Crippen LogP contribution in [0.4, 0.5) is 0 Å². The summed E-state index contributed by atoms with van der Waals surface area (Å²) in [7, 11) is 0. The molecule has 0 radical (unpaired) electrons. The van der Waals surface area contributed by atoms with Gasteiger partial charge in [0.2, 0.25) is 5.89 Å². The average Bonchev–Trinajstić information content (AvgIpc) is 3.29. The van der Waals surface area contributed by atoms with Crippen molar-refractivity contribution in [2.45, 2.75) is 38.9 Å². The number of oxazole rings is 1. The molecular formula is C24H31IN6O. The highest BCUT2D eigenvalue weighted by Crippen LogP contribution is 2.18. The molecule has 7 nitrogen and oxygen atoms in total. The Bertz CT molecular complexity index is 955. The number of aliphatic imine (C=N–C) groups is 1. The second kappa shape index (κ2) is 12.5. The molecule has 0 amide bonds. The van der Waals surface area contributed by atoms with Crippen LogP contribution in [0.15, 0.2) is 70.4 Å². The van der Waals surface area contributed by atoms with E-state index in [2.05, 4.69) is 38.5 Å². The Balaban J connectivity index is 0.00000289. The molecule has 1 aliphatic rings. The predicted octanol–water partition coefficient (Wildman–Crippen LogP) is 4.07. The smallest absolute Gasteiger partial charge is 0.226 e. The van der Waals surface area contributed by atoms with E-state index in [0.29, 0.717) is 18.5 Å². The first-order valence-corrected chi connectivity index (χ1v) is 11.0.